The average molecular weight is 382 g/mol. The lowest BCUT2D eigenvalue weighted by Crippen LogP contribution is -2.09. The molecule has 0 amide bonds. The lowest BCUT2D eigenvalue weighted by atomic mass is 10.0. The van der Waals surface area contributed by atoms with Gasteiger partial charge in [0.05, 0.1) is 5.69 Å². The van der Waals surface area contributed by atoms with Gasteiger partial charge in [-0.2, -0.15) is 0 Å². The van der Waals surface area contributed by atoms with Gasteiger partial charge in [-0.15, -0.1) is 0 Å². The maximum atomic E-state index is 11.9. The Morgan fingerprint density at radius 1 is 1.00 bits per heavy atom. The molecule has 0 saturated carbocycles. The highest BCUT2D eigenvalue weighted by molar-refractivity contribution is 5.72. The molecule has 0 fully saturated rings. The summed E-state index contributed by atoms with van der Waals surface area (Å²) in [7, 11) is 0. The van der Waals surface area contributed by atoms with Gasteiger partial charge in [-0.25, -0.2) is 0 Å². The minimum Gasteiger partial charge on any atom is -0.427 e. The van der Waals surface area contributed by atoms with E-state index in [1.807, 2.05) is 30.5 Å². The summed E-state index contributed by atoms with van der Waals surface area (Å²) in [6, 6.07) is 11.9. The van der Waals surface area contributed by atoms with Crippen LogP contribution in [0.5, 0.6) is 5.75 Å². The number of nitrogens with zero attached hydrogens (tertiary/aromatic N) is 1. The summed E-state index contributed by atoms with van der Waals surface area (Å²) in [5.41, 5.74) is 3.28. The Hall–Kier alpha value is -2.16. The van der Waals surface area contributed by atoms with Crippen LogP contribution < -0.4 is 4.74 Å². The number of aryl methyl sites for hydroxylation is 1. The van der Waals surface area contributed by atoms with Crippen molar-refractivity contribution in [1.82, 2.24) is 4.98 Å². The maximum Gasteiger partial charge on any atom is 0.311 e. The Bertz CT molecular complexity index is 691. The zero-order chi connectivity index (χ0) is 20.2. The lowest BCUT2D eigenvalue weighted by molar-refractivity contribution is -0.134. The summed E-state index contributed by atoms with van der Waals surface area (Å²) < 4.78 is 5.43. The fraction of sp³-hybridized carbons (Fsp3) is 0.520. The van der Waals surface area contributed by atoms with E-state index >= 15 is 0 Å². The molecule has 1 atom stereocenters. The third-order valence-electron chi connectivity index (χ3n) is 5.31. The molecular weight excluding hydrogens is 346 g/mol. The van der Waals surface area contributed by atoms with E-state index in [1.54, 1.807) is 0 Å². The molecule has 0 N–H and O–H groups in total. The Balaban J connectivity index is 1.83. The minimum atomic E-state index is -0.158. The quantitative estimate of drug-likeness (QED) is 0.226. The summed E-state index contributed by atoms with van der Waals surface area (Å²) in [6.07, 6.45) is 12.0. The van der Waals surface area contributed by atoms with E-state index in [-0.39, 0.29) is 5.97 Å². The van der Waals surface area contributed by atoms with Crippen molar-refractivity contribution >= 4 is 5.97 Å². The molecule has 0 aliphatic carbocycles. The molecule has 0 radical (unpaired) electrons. The van der Waals surface area contributed by atoms with Crippen LogP contribution in [0.3, 0.4) is 0 Å². The highest BCUT2D eigenvalue weighted by Crippen LogP contribution is 2.22. The van der Waals surface area contributed by atoms with E-state index in [9.17, 15) is 4.79 Å². The molecule has 0 aliphatic heterocycles. The Kier molecular flexibility index (Phi) is 9.74. The summed E-state index contributed by atoms with van der Waals surface area (Å²) >= 11 is 0. The summed E-state index contributed by atoms with van der Waals surface area (Å²) in [4.78, 5) is 16.5. The third-order valence-corrected chi connectivity index (χ3v) is 5.31. The van der Waals surface area contributed by atoms with Crippen LogP contribution >= 0.6 is 0 Å². The first-order valence-electron chi connectivity index (χ1n) is 10.9. The third kappa shape index (κ3) is 7.84. The van der Waals surface area contributed by atoms with Gasteiger partial charge in [-0.1, -0.05) is 58.9 Å². The molecule has 3 nitrogen and oxygen atoms in total. The first-order valence-corrected chi connectivity index (χ1v) is 10.9. The Labute approximate surface area is 170 Å². The van der Waals surface area contributed by atoms with Crippen LogP contribution in [0.1, 0.15) is 77.7 Å². The normalized spacial score (nSPS) is 12.0. The topological polar surface area (TPSA) is 39.2 Å². The van der Waals surface area contributed by atoms with Crippen molar-refractivity contribution in [1.29, 1.82) is 0 Å². The Morgan fingerprint density at radius 3 is 2.39 bits per heavy atom. The first kappa shape index (κ1) is 22.1. The number of unbranched alkanes of at least 4 members (excludes halogenated alkanes) is 4. The second-order valence-corrected chi connectivity index (χ2v) is 7.77. The SMILES string of the molecule is CCCCCCCc1ccc(-c2ccc(OC(=O)CCC(C)CC)cc2)nc1. The van der Waals surface area contributed by atoms with Gasteiger partial charge in [0.15, 0.2) is 0 Å². The molecule has 1 heterocycles. The number of carbonyl (C=O) groups excluding carboxylic acids is 1. The minimum absolute atomic E-state index is 0.158. The molecule has 28 heavy (non-hydrogen) atoms. The standard InChI is InChI=1S/C25H35NO2/c1-4-6-7-8-9-10-21-12-17-24(26-19-21)22-13-15-23(16-14-22)28-25(27)18-11-20(3)5-2/h12-17,19-20H,4-11,18H2,1-3H3. The lowest BCUT2D eigenvalue weighted by Gasteiger charge is -2.09. The maximum absolute atomic E-state index is 11.9. The van der Waals surface area contributed by atoms with E-state index < -0.39 is 0 Å². The van der Waals surface area contributed by atoms with Gasteiger partial charge in [0, 0.05) is 18.2 Å². The molecular formula is C25H35NO2. The van der Waals surface area contributed by atoms with Gasteiger partial charge in [-0.3, -0.25) is 9.78 Å². The largest absolute Gasteiger partial charge is 0.427 e. The van der Waals surface area contributed by atoms with Crippen molar-refractivity contribution < 1.29 is 9.53 Å². The van der Waals surface area contributed by atoms with E-state index in [1.165, 1.54) is 37.7 Å². The molecule has 2 rings (SSSR count). The van der Waals surface area contributed by atoms with Crippen LogP contribution in [0.15, 0.2) is 42.6 Å². The highest BCUT2D eigenvalue weighted by Gasteiger charge is 2.08. The van der Waals surface area contributed by atoms with E-state index in [4.69, 9.17) is 4.74 Å². The zero-order valence-corrected chi connectivity index (χ0v) is 17.7. The monoisotopic (exact) mass is 381 g/mol. The van der Waals surface area contributed by atoms with E-state index in [2.05, 4.69) is 37.9 Å². The van der Waals surface area contributed by atoms with Gasteiger partial charge < -0.3 is 4.74 Å². The Morgan fingerprint density at radius 2 is 1.75 bits per heavy atom. The number of rotatable bonds is 12. The zero-order valence-electron chi connectivity index (χ0n) is 17.7. The summed E-state index contributed by atoms with van der Waals surface area (Å²) in [6.45, 7) is 6.54. The highest BCUT2D eigenvalue weighted by atomic mass is 16.5. The predicted octanol–water partition coefficient (Wildman–Crippen LogP) is 6.99. The van der Waals surface area contributed by atoms with Crippen LogP contribution in [0.25, 0.3) is 11.3 Å². The second-order valence-electron chi connectivity index (χ2n) is 7.77. The second kappa shape index (κ2) is 12.3. The van der Waals surface area contributed by atoms with Crippen LogP contribution in [0.4, 0.5) is 0 Å². The van der Waals surface area contributed by atoms with E-state index in [0.29, 0.717) is 18.1 Å². The van der Waals surface area contributed by atoms with Gasteiger partial charge in [-0.05, 0) is 61.1 Å². The number of benzene rings is 1. The number of ether oxygens (including phenoxy) is 1. The molecule has 152 valence electrons. The van der Waals surface area contributed by atoms with Crippen molar-refractivity contribution in [3.8, 4) is 17.0 Å². The number of hydrogen-bond donors (Lipinski definition) is 0. The van der Waals surface area contributed by atoms with Gasteiger partial charge in [0.25, 0.3) is 0 Å². The first-order chi connectivity index (χ1) is 13.6. The molecule has 1 aromatic heterocycles. The van der Waals surface area contributed by atoms with Crippen molar-refractivity contribution in [3.63, 3.8) is 0 Å². The van der Waals surface area contributed by atoms with Crippen LogP contribution in [-0.4, -0.2) is 11.0 Å². The number of carbonyl (C=O) groups is 1. The predicted molar refractivity (Wildman–Crippen MR) is 116 cm³/mol. The molecule has 3 heteroatoms. The van der Waals surface area contributed by atoms with Crippen molar-refractivity contribution in [2.45, 2.75) is 78.6 Å². The van der Waals surface area contributed by atoms with Gasteiger partial charge in [0.1, 0.15) is 5.75 Å². The van der Waals surface area contributed by atoms with Crippen molar-refractivity contribution in [2.75, 3.05) is 0 Å². The number of hydrogen-bond acceptors (Lipinski definition) is 3. The van der Waals surface area contributed by atoms with Gasteiger partial charge >= 0.3 is 5.97 Å². The van der Waals surface area contributed by atoms with Crippen molar-refractivity contribution in [2.24, 2.45) is 5.92 Å². The van der Waals surface area contributed by atoms with Crippen LogP contribution in [0.2, 0.25) is 0 Å². The summed E-state index contributed by atoms with van der Waals surface area (Å²) in [5, 5.41) is 0. The smallest absolute Gasteiger partial charge is 0.311 e. The van der Waals surface area contributed by atoms with Crippen molar-refractivity contribution in [3.05, 3.63) is 48.2 Å². The number of esters is 1. The molecule has 2 aromatic rings. The molecule has 1 aromatic carbocycles. The molecule has 0 aliphatic rings. The van der Waals surface area contributed by atoms with Crippen LogP contribution in [0, 0.1) is 5.92 Å². The summed E-state index contributed by atoms with van der Waals surface area (Å²) in [5.74, 6) is 0.997. The average Bonchev–Trinajstić information content (AvgIpc) is 2.73. The van der Waals surface area contributed by atoms with Gasteiger partial charge in [0.2, 0.25) is 0 Å². The molecule has 0 saturated heterocycles. The van der Waals surface area contributed by atoms with Crippen LogP contribution in [-0.2, 0) is 11.2 Å². The number of pyridine rings is 1. The fourth-order valence-electron chi connectivity index (χ4n) is 3.12. The number of aromatic nitrogens is 1. The molecule has 0 spiro atoms. The van der Waals surface area contributed by atoms with E-state index in [0.717, 1.165) is 30.5 Å². The molecule has 1 unspecified atom stereocenters. The fourth-order valence-corrected chi connectivity index (χ4v) is 3.12. The molecule has 0 bridgehead atoms.